The largest absolute Gasteiger partial charge is 0.371 e. The minimum atomic E-state index is -0.546. The van der Waals surface area contributed by atoms with Gasteiger partial charge in [0, 0.05) is 35.5 Å². The van der Waals surface area contributed by atoms with Crippen LogP contribution in [0.25, 0.3) is 39.5 Å². The summed E-state index contributed by atoms with van der Waals surface area (Å²) in [4.78, 5) is 43.5. The highest BCUT2D eigenvalue weighted by Crippen LogP contribution is 2.35. The first-order chi connectivity index (χ1) is 20.0. The Morgan fingerprint density at radius 3 is 2.51 bits per heavy atom. The van der Waals surface area contributed by atoms with Gasteiger partial charge in [-0.15, -0.1) is 0 Å². The third kappa shape index (κ3) is 6.42. The number of pyridine rings is 2. The van der Waals surface area contributed by atoms with E-state index in [2.05, 4.69) is 20.0 Å². The van der Waals surface area contributed by atoms with Gasteiger partial charge < -0.3 is 5.32 Å². The molecule has 0 unspecified atom stereocenters. The van der Waals surface area contributed by atoms with Crippen LogP contribution in [-0.4, -0.2) is 39.2 Å². The van der Waals surface area contributed by atoms with Crippen LogP contribution >= 0.6 is 23.5 Å². The number of hydrogen-bond acceptors (Lipinski definition) is 8. The molecule has 204 valence electrons. The van der Waals surface area contributed by atoms with Crippen molar-refractivity contribution >= 4 is 58.5 Å². The van der Waals surface area contributed by atoms with Crippen LogP contribution < -0.4 is 10.0 Å². The molecular formula is C31H25ClN6O2S. The first-order valence-electron chi connectivity index (χ1n) is 12.7. The lowest BCUT2D eigenvalue weighted by Crippen LogP contribution is -2.19. The summed E-state index contributed by atoms with van der Waals surface area (Å²) < 4.78 is 2.72. The number of fused-ring (bicyclic) bond motifs is 1. The minimum Gasteiger partial charge on any atom is -0.371 e. The third-order valence-electron chi connectivity index (χ3n) is 6.15. The number of carbonyl (C=O) groups excluding carboxylic acids is 2. The van der Waals surface area contributed by atoms with E-state index in [-0.39, 0.29) is 5.57 Å². The van der Waals surface area contributed by atoms with E-state index < -0.39 is 5.91 Å². The van der Waals surface area contributed by atoms with Crippen molar-refractivity contribution in [2.75, 3.05) is 12.4 Å². The van der Waals surface area contributed by atoms with E-state index in [1.165, 1.54) is 6.08 Å². The maximum Gasteiger partial charge on any atom is 0.264 e. The molecular weight excluding hydrogens is 556 g/mol. The third-order valence-corrected chi connectivity index (χ3v) is 7.21. The Labute approximate surface area is 246 Å². The molecule has 2 N–H and O–H groups in total. The second-order valence-corrected chi connectivity index (χ2v) is 10.2. The minimum absolute atomic E-state index is 0.0975. The van der Waals surface area contributed by atoms with E-state index in [1.54, 1.807) is 19.3 Å². The fraction of sp³-hybridized carbons (Fsp3) is 0.0968. The second kappa shape index (κ2) is 12.7. The number of amides is 1. The summed E-state index contributed by atoms with van der Waals surface area (Å²) in [6.07, 6.45) is 3.62. The highest BCUT2D eigenvalue weighted by atomic mass is 35.5. The van der Waals surface area contributed by atoms with E-state index >= 15 is 0 Å². The van der Waals surface area contributed by atoms with E-state index in [0.717, 1.165) is 39.8 Å². The molecule has 0 aliphatic rings. The predicted octanol–water partition coefficient (Wildman–Crippen LogP) is 6.30. The summed E-state index contributed by atoms with van der Waals surface area (Å²) in [5.41, 5.74) is 5.34. The highest BCUT2D eigenvalue weighted by molar-refractivity contribution is 7.97. The lowest BCUT2D eigenvalue weighted by molar-refractivity contribution is -0.117. The zero-order valence-corrected chi connectivity index (χ0v) is 23.8. The summed E-state index contributed by atoms with van der Waals surface area (Å²) in [5.74, 6) is 0.314. The van der Waals surface area contributed by atoms with Crippen LogP contribution in [-0.2, 0) is 15.3 Å². The zero-order chi connectivity index (χ0) is 28.8. The number of aryl methyl sites for hydroxylation is 1. The highest BCUT2D eigenvalue weighted by Gasteiger charge is 2.19. The van der Waals surface area contributed by atoms with Crippen LogP contribution in [0.15, 0.2) is 84.6 Å². The van der Waals surface area contributed by atoms with Crippen molar-refractivity contribution in [2.24, 2.45) is 0 Å². The monoisotopic (exact) mass is 580 g/mol. The van der Waals surface area contributed by atoms with Crippen molar-refractivity contribution in [2.45, 2.75) is 12.7 Å². The number of aromatic nitrogens is 4. The maximum atomic E-state index is 12.9. The van der Waals surface area contributed by atoms with Crippen LogP contribution in [0, 0.1) is 6.92 Å². The molecule has 0 spiro atoms. The molecule has 0 aliphatic carbocycles. The molecule has 2 aromatic carbocycles. The van der Waals surface area contributed by atoms with Gasteiger partial charge in [-0.1, -0.05) is 54.1 Å². The van der Waals surface area contributed by atoms with Crippen molar-refractivity contribution in [1.29, 1.82) is 0 Å². The molecule has 1 amide bonds. The summed E-state index contributed by atoms with van der Waals surface area (Å²) in [7, 11) is 1.71. The maximum absolute atomic E-state index is 12.9. The van der Waals surface area contributed by atoms with Crippen molar-refractivity contribution in [3.63, 3.8) is 0 Å². The van der Waals surface area contributed by atoms with Gasteiger partial charge in [0.1, 0.15) is 5.69 Å². The van der Waals surface area contributed by atoms with Crippen LogP contribution in [0.5, 0.6) is 0 Å². The van der Waals surface area contributed by atoms with Gasteiger partial charge in [-0.25, -0.2) is 9.97 Å². The number of nitrogens with one attached hydrogen (secondary N) is 2. The summed E-state index contributed by atoms with van der Waals surface area (Å²) in [6, 6.07) is 22.8. The van der Waals surface area contributed by atoms with Crippen molar-refractivity contribution in [1.82, 2.24) is 24.7 Å². The molecule has 0 atom stereocenters. The SMILES string of the molecule is CNc1nc(-c2ccccc2)c(-c2cc(Cl)c3ncccc3c2)nc1/C=C(\C=O)C(=O)NSCc1cccc(C)n1. The van der Waals surface area contributed by atoms with Crippen LogP contribution in [0.1, 0.15) is 17.1 Å². The van der Waals surface area contributed by atoms with E-state index in [9.17, 15) is 9.59 Å². The van der Waals surface area contributed by atoms with Gasteiger partial charge in [0.2, 0.25) is 0 Å². The fourth-order valence-corrected chi connectivity index (χ4v) is 5.14. The average molecular weight is 581 g/mol. The number of hydrogen-bond donors (Lipinski definition) is 2. The van der Waals surface area contributed by atoms with Gasteiger partial charge >= 0.3 is 0 Å². The Morgan fingerprint density at radius 2 is 1.76 bits per heavy atom. The lowest BCUT2D eigenvalue weighted by atomic mass is 10.0. The Balaban J connectivity index is 1.55. The van der Waals surface area contributed by atoms with E-state index in [1.807, 2.05) is 73.7 Å². The van der Waals surface area contributed by atoms with Crippen molar-refractivity contribution < 1.29 is 9.59 Å². The molecule has 3 aromatic heterocycles. The molecule has 41 heavy (non-hydrogen) atoms. The normalized spacial score (nSPS) is 11.3. The van der Waals surface area contributed by atoms with Gasteiger partial charge in [-0.3, -0.25) is 24.3 Å². The molecule has 10 heteroatoms. The quantitative estimate of drug-likeness (QED) is 0.0687. The predicted molar refractivity (Wildman–Crippen MR) is 165 cm³/mol. The molecule has 0 saturated carbocycles. The van der Waals surface area contributed by atoms with Gasteiger partial charge in [-0.05, 0) is 55.3 Å². The Morgan fingerprint density at radius 1 is 0.951 bits per heavy atom. The number of carbonyl (C=O) groups is 2. The molecule has 3 heterocycles. The van der Waals surface area contributed by atoms with Crippen LogP contribution in [0.4, 0.5) is 5.82 Å². The number of benzene rings is 2. The smallest absolute Gasteiger partial charge is 0.264 e. The van der Waals surface area contributed by atoms with E-state index in [0.29, 0.717) is 45.5 Å². The Hall–Kier alpha value is -4.60. The van der Waals surface area contributed by atoms with Gasteiger partial charge in [-0.2, -0.15) is 0 Å². The van der Waals surface area contributed by atoms with Crippen molar-refractivity contribution in [3.8, 4) is 22.5 Å². The fourth-order valence-electron chi connectivity index (χ4n) is 4.23. The molecule has 0 radical (unpaired) electrons. The van der Waals surface area contributed by atoms with Gasteiger partial charge in [0.15, 0.2) is 12.1 Å². The number of aldehydes is 1. The molecule has 5 rings (SSSR count). The lowest BCUT2D eigenvalue weighted by Gasteiger charge is -2.15. The standard InChI is InChI=1S/C31H25ClN6O2S/c1-19-8-6-12-24(35-19)18-41-38-31(40)23(17-39)16-26-30(33-2)37-28(20-9-4-3-5-10-20)29(36-26)22-14-21-11-7-13-34-27(21)25(32)15-22/h3-17H,18H2,1-2H3,(H,33,37)(H,38,40)/b23-16+. The molecule has 8 nitrogen and oxygen atoms in total. The van der Waals surface area contributed by atoms with Gasteiger partial charge in [0.25, 0.3) is 5.91 Å². The topological polar surface area (TPSA) is 110 Å². The number of anilines is 1. The zero-order valence-electron chi connectivity index (χ0n) is 22.3. The number of halogens is 1. The van der Waals surface area contributed by atoms with Crippen molar-refractivity contribution in [3.05, 3.63) is 107 Å². The first-order valence-corrected chi connectivity index (χ1v) is 14.0. The molecule has 0 aliphatic heterocycles. The molecule has 0 fully saturated rings. The van der Waals surface area contributed by atoms with Crippen LogP contribution in [0.2, 0.25) is 5.02 Å². The molecule has 0 saturated heterocycles. The summed E-state index contributed by atoms with van der Waals surface area (Å²) in [6.45, 7) is 1.90. The van der Waals surface area contributed by atoms with Crippen LogP contribution in [0.3, 0.4) is 0 Å². The summed E-state index contributed by atoms with van der Waals surface area (Å²) >= 11 is 7.77. The first kappa shape index (κ1) is 27.9. The van der Waals surface area contributed by atoms with Gasteiger partial charge in [0.05, 0.1) is 38.9 Å². The average Bonchev–Trinajstić information content (AvgIpc) is 3.00. The molecule has 0 bridgehead atoms. The second-order valence-electron chi connectivity index (χ2n) is 9.01. The number of nitrogens with zero attached hydrogens (tertiary/aromatic N) is 4. The Kier molecular flexibility index (Phi) is 8.67. The van der Waals surface area contributed by atoms with E-state index in [4.69, 9.17) is 21.6 Å². The Bertz CT molecular complexity index is 1780. The molecule has 5 aromatic rings. The number of rotatable bonds is 9. The summed E-state index contributed by atoms with van der Waals surface area (Å²) in [5, 5.41) is 4.37.